The van der Waals surface area contributed by atoms with E-state index in [1.54, 1.807) is 0 Å². The highest BCUT2D eigenvalue weighted by molar-refractivity contribution is 4.93. The highest BCUT2D eigenvalue weighted by atomic mass is 16.3. The maximum Gasteiger partial charge on any atom is 0.0446 e. The molecule has 3 nitrogen and oxygen atoms in total. The molecule has 1 aliphatic heterocycles. The lowest BCUT2D eigenvalue weighted by atomic mass is 9.87. The maximum atomic E-state index is 8.85. The zero-order valence-corrected chi connectivity index (χ0v) is 8.13. The van der Waals surface area contributed by atoms with Crippen molar-refractivity contribution >= 4 is 0 Å². The fraction of sp³-hybridized carbons (Fsp3) is 1.00. The van der Waals surface area contributed by atoms with Gasteiger partial charge in [0.1, 0.15) is 0 Å². The van der Waals surface area contributed by atoms with Crippen LogP contribution in [0, 0.1) is 0 Å². The summed E-state index contributed by atoms with van der Waals surface area (Å²) in [6, 6.07) is 1.85. The normalized spacial score (nSPS) is 39.9. The van der Waals surface area contributed by atoms with E-state index in [1.807, 2.05) is 0 Å². The minimum Gasteiger partial charge on any atom is -0.396 e. The monoisotopic (exact) mass is 184 g/mol. The van der Waals surface area contributed by atoms with Crippen LogP contribution in [0.2, 0.25) is 0 Å². The van der Waals surface area contributed by atoms with Crippen LogP contribution in [0.5, 0.6) is 0 Å². The molecular formula is C10H20N2O. The molecule has 3 atom stereocenters. The number of hydrogen-bond acceptors (Lipinski definition) is 3. The zero-order valence-electron chi connectivity index (χ0n) is 8.13. The first kappa shape index (κ1) is 9.44. The smallest absolute Gasteiger partial charge is 0.0446 e. The molecule has 1 saturated heterocycles. The minimum absolute atomic E-state index is 0.302. The summed E-state index contributed by atoms with van der Waals surface area (Å²) in [5, 5.41) is 16.1. The van der Waals surface area contributed by atoms with E-state index < -0.39 is 0 Å². The Morgan fingerprint density at radius 3 is 2.69 bits per heavy atom. The van der Waals surface area contributed by atoms with Gasteiger partial charge >= 0.3 is 0 Å². The van der Waals surface area contributed by atoms with Crippen LogP contribution in [0.25, 0.3) is 0 Å². The summed E-state index contributed by atoms with van der Waals surface area (Å²) in [6.45, 7) is 1.33. The predicted octanol–water partition coefficient (Wildman–Crippen LogP) is 0.241. The third-order valence-corrected chi connectivity index (χ3v) is 3.32. The number of piperazine rings is 1. The maximum absolute atomic E-state index is 8.85. The Labute approximate surface area is 79.9 Å². The molecule has 3 heteroatoms. The summed E-state index contributed by atoms with van der Waals surface area (Å²) in [7, 11) is 0. The summed E-state index contributed by atoms with van der Waals surface area (Å²) in [5.74, 6) is 0. The molecule has 1 aliphatic carbocycles. The van der Waals surface area contributed by atoms with Gasteiger partial charge in [0.25, 0.3) is 0 Å². The van der Waals surface area contributed by atoms with E-state index in [0.29, 0.717) is 24.7 Å². The predicted molar refractivity (Wildman–Crippen MR) is 52.7 cm³/mol. The summed E-state index contributed by atoms with van der Waals surface area (Å²) in [5.41, 5.74) is 0. The highest BCUT2D eigenvalue weighted by Gasteiger charge is 2.30. The average Bonchev–Trinajstić information content (AvgIpc) is 2.18. The number of aliphatic hydroxyl groups is 1. The van der Waals surface area contributed by atoms with Crippen molar-refractivity contribution in [1.29, 1.82) is 0 Å². The van der Waals surface area contributed by atoms with E-state index in [1.165, 1.54) is 25.7 Å². The van der Waals surface area contributed by atoms with Crippen LogP contribution in [-0.2, 0) is 0 Å². The van der Waals surface area contributed by atoms with Gasteiger partial charge in [-0.2, -0.15) is 0 Å². The lowest BCUT2D eigenvalue weighted by molar-refractivity contribution is 0.184. The van der Waals surface area contributed by atoms with Gasteiger partial charge < -0.3 is 15.7 Å². The molecule has 2 rings (SSSR count). The van der Waals surface area contributed by atoms with Crippen LogP contribution in [-0.4, -0.2) is 36.4 Å². The number of fused-ring (bicyclic) bond motifs is 1. The highest BCUT2D eigenvalue weighted by Crippen LogP contribution is 2.21. The second-order valence-electron chi connectivity index (χ2n) is 4.28. The molecule has 3 N–H and O–H groups in total. The first-order valence-corrected chi connectivity index (χ1v) is 5.50. The van der Waals surface area contributed by atoms with E-state index in [9.17, 15) is 0 Å². The lowest BCUT2D eigenvalue weighted by Gasteiger charge is -2.41. The fourth-order valence-electron chi connectivity index (χ4n) is 2.57. The Balaban J connectivity index is 1.84. The minimum atomic E-state index is 0.302. The Hall–Kier alpha value is -0.120. The molecular weight excluding hydrogens is 164 g/mol. The zero-order chi connectivity index (χ0) is 9.10. The fourth-order valence-corrected chi connectivity index (χ4v) is 2.57. The third-order valence-electron chi connectivity index (χ3n) is 3.32. The molecule has 13 heavy (non-hydrogen) atoms. The van der Waals surface area contributed by atoms with Crippen LogP contribution >= 0.6 is 0 Å². The van der Waals surface area contributed by atoms with E-state index in [-0.39, 0.29) is 0 Å². The van der Waals surface area contributed by atoms with Gasteiger partial charge in [-0.3, -0.25) is 0 Å². The van der Waals surface area contributed by atoms with Gasteiger partial charge in [0.15, 0.2) is 0 Å². The van der Waals surface area contributed by atoms with Gasteiger partial charge in [0.05, 0.1) is 0 Å². The van der Waals surface area contributed by atoms with E-state index >= 15 is 0 Å². The van der Waals surface area contributed by atoms with Crippen LogP contribution < -0.4 is 10.6 Å². The molecule has 0 aromatic rings. The van der Waals surface area contributed by atoms with Crippen molar-refractivity contribution in [2.45, 2.75) is 50.2 Å². The molecule has 76 valence electrons. The summed E-state index contributed by atoms with van der Waals surface area (Å²) < 4.78 is 0. The van der Waals surface area contributed by atoms with Gasteiger partial charge in [-0.1, -0.05) is 12.8 Å². The van der Waals surface area contributed by atoms with Gasteiger partial charge in [0.2, 0.25) is 0 Å². The molecule has 1 heterocycles. The molecule has 0 bridgehead atoms. The van der Waals surface area contributed by atoms with Crippen molar-refractivity contribution < 1.29 is 5.11 Å². The topological polar surface area (TPSA) is 44.3 Å². The Morgan fingerprint density at radius 2 is 1.92 bits per heavy atom. The number of nitrogens with one attached hydrogen (secondary N) is 2. The summed E-state index contributed by atoms with van der Waals surface area (Å²) >= 11 is 0. The van der Waals surface area contributed by atoms with Crippen molar-refractivity contribution in [2.75, 3.05) is 13.2 Å². The first-order valence-electron chi connectivity index (χ1n) is 5.50. The summed E-state index contributed by atoms with van der Waals surface area (Å²) in [6.07, 6.45) is 6.25. The Bertz CT molecular complexity index is 163. The van der Waals surface area contributed by atoms with Crippen molar-refractivity contribution in [2.24, 2.45) is 0 Å². The van der Waals surface area contributed by atoms with Crippen LogP contribution in [0.4, 0.5) is 0 Å². The van der Waals surface area contributed by atoms with Crippen molar-refractivity contribution in [3.63, 3.8) is 0 Å². The van der Waals surface area contributed by atoms with E-state index in [0.717, 1.165) is 13.0 Å². The molecule has 0 unspecified atom stereocenters. The second kappa shape index (κ2) is 4.40. The molecule has 2 aliphatic rings. The van der Waals surface area contributed by atoms with Gasteiger partial charge in [-0.05, 0) is 19.3 Å². The third kappa shape index (κ3) is 2.22. The van der Waals surface area contributed by atoms with Crippen LogP contribution in [0.3, 0.4) is 0 Å². The lowest BCUT2D eigenvalue weighted by Crippen LogP contribution is -2.61. The Morgan fingerprint density at radius 1 is 1.15 bits per heavy atom. The van der Waals surface area contributed by atoms with Crippen molar-refractivity contribution in [3.05, 3.63) is 0 Å². The standard InChI is InChI=1S/C10H20N2O/c13-6-5-8-7-11-9-3-1-2-4-10(9)12-8/h8-13H,1-7H2/t8-,9+,10+/m1/s1. The first-order chi connectivity index (χ1) is 6.40. The van der Waals surface area contributed by atoms with Gasteiger partial charge in [-0.25, -0.2) is 0 Å². The molecule has 2 fully saturated rings. The SMILES string of the molecule is OCC[C@@H]1CN[C@H]2CCCC[C@@H]2N1. The molecule has 0 amide bonds. The summed E-state index contributed by atoms with van der Waals surface area (Å²) in [4.78, 5) is 0. The molecule has 0 radical (unpaired) electrons. The van der Waals surface area contributed by atoms with Crippen molar-refractivity contribution in [3.8, 4) is 0 Å². The molecule has 0 spiro atoms. The number of hydrogen-bond donors (Lipinski definition) is 3. The van der Waals surface area contributed by atoms with E-state index in [2.05, 4.69) is 10.6 Å². The largest absolute Gasteiger partial charge is 0.396 e. The molecule has 0 aromatic heterocycles. The van der Waals surface area contributed by atoms with Crippen LogP contribution in [0.1, 0.15) is 32.1 Å². The molecule has 1 saturated carbocycles. The van der Waals surface area contributed by atoms with E-state index in [4.69, 9.17) is 5.11 Å². The van der Waals surface area contributed by atoms with Gasteiger partial charge in [-0.15, -0.1) is 0 Å². The Kier molecular flexibility index (Phi) is 3.19. The second-order valence-corrected chi connectivity index (χ2v) is 4.28. The van der Waals surface area contributed by atoms with Gasteiger partial charge in [0, 0.05) is 31.3 Å². The number of aliphatic hydroxyl groups excluding tert-OH is 1. The quantitative estimate of drug-likeness (QED) is 0.576. The average molecular weight is 184 g/mol. The van der Waals surface area contributed by atoms with Crippen molar-refractivity contribution in [1.82, 2.24) is 10.6 Å². The van der Waals surface area contributed by atoms with Crippen LogP contribution in [0.15, 0.2) is 0 Å². The molecule has 0 aromatic carbocycles. The number of rotatable bonds is 2.